The lowest BCUT2D eigenvalue weighted by atomic mass is 9.97. The van der Waals surface area contributed by atoms with Crippen LogP contribution in [0.15, 0.2) is 213 Å². The molecule has 0 atom stereocenters. The van der Waals surface area contributed by atoms with Gasteiger partial charge in [0.1, 0.15) is 0 Å². The van der Waals surface area contributed by atoms with E-state index >= 15 is 0 Å². The van der Waals surface area contributed by atoms with E-state index in [1.807, 2.05) is 49.4 Å². The molecule has 4 aromatic carbocycles. The summed E-state index contributed by atoms with van der Waals surface area (Å²) in [6.07, 6.45) is 34.8. The summed E-state index contributed by atoms with van der Waals surface area (Å²) in [7, 11) is 0. The molecular formula is C56H56N2. The van der Waals surface area contributed by atoms with Gasteiger partial charge in [-0.05, 0) is 121 Å². The van der Waals surface area contributed by atoms with Crippen molar-refractivity contribution in [3.8, 4) is 0 Å². The number of allylic oxidation sites excluding steroid dienone is 15. The van der Waals surface area contributed by atoms with Crippen molar-refractivity contribution >= 4 is 41.4 Å². The smallest absolute Gasteiger partial charge is 0.0500 e. The molecule has 0 unspecified atom stereocenters. The van der Waals surface area contributed by atoms with E-state index in [4.69, 9.17) is 0 Å². The Balaban J connectivity index is 1.60. The molecular weight excluding hydrogens is 701 g/mol. The van der Waals surface area contributed by atoms with Crippen molar-refractivity contribution < 1.29 is 0 Å². The Morgan fingerprint density at radius 3 is 2.10 bits per heavy atom. The first-order valence-corrected chi connectivity index (χ1v) is 19.9. The Bertz CT molecular complexity index is 2420. The topological polar surface area (TPSA) is 8.17 Å². The highest BCUT2D eigenvalue weighted by Gasteiger charge is 2.19. The molecule has 2 nitrogen and oxygen atoms in total. The number of benzene rings is 4. The Kier molecular flexibility index (Phi) is 16.0. The van der Waals surface area contributed by atoms with E-state index in [1.165, 1.54) is 33.5 Å². The van der Waals surface area contributed by atoms with E-state index in [0.29, 0.717) is 0 Å². The Morgan fingerprint density at radius 2 is 1.40 bits per heavy atom. The zero-order chi connectivity index (χ0) is 41.1. The van der Waals surface area contributed by atoms with Gasteiger partial charge in [-0.2, -0.15) is 0 Å². The fourth-order valence-corrected chi connectivity index (χ4v) is 7.04. The van der Waals surface area contributed by atoms with Gasteiger partial charge in [0.15, 0.2) is 0 Å². The average molecular weight is 757 g/mol. The number of hydrogen-bond acceptors (Lipinski definition) is 1. The highest BCUT2D eigenvalue weighted by Crippen LogP contribution is 2.34. The summed E-state index contributed by atoms with van der Waals surface area (Å²) in [6, 6.07) is 38.5. The number of anilines is 2. The average Bonchev–Trinajstić information content (AvgIpc) is 3.49. The fourth-order valence-electron chi connectivity index (χ4n) is 7.04. The molecule has 58 heavy (non-hydrogen) atoms. The molecule has 0 bridgehead atoms. The lowest BCUT2D eigenvalue weighted by molar-refractivity contribution is 1.06. The van der Waals surface area contributed by atoms with Gasteiger partial charge in [-0.15, -0.1) is 0 Å². The van der Waals surface area contributed by atoms with Crippen molar-refractivity contribution in [2.24, 2.45) is 0 Å². The maximum absolute atomic E-state index is 4.23. The lowest BCUT2D eigenvalue weighted by Crippen LogP contribution is -2.14. The first-order valence-electron chi connectivity index (χ1n) is 19.9. The molecule has 5 aromatic rings. The molecule has 0 spiro atoms. The van der Waals surface area contributed by atoms with Crippen molar-refractivity contribution in [1.82, 2.24) is 4.57 Å². The molecule has 0 radical (unpaired) electrons. The summed E-state index contributed by atoms with van der Waals surface area (Å²) in [4.78, 5) is 2.33. The normalized spacial score (nSPS) is 12.8. The number of hydrogen-bond donors (Lipinski definition) is 0. The van der Waals surface area contributed by atoms with Crippen molar-refractivity contribution in [2.75, 3.05) is 4.90 Å². The van der Waals surface area contributed by atoms with Gasteiger partial charge in [-0.1, -0.05) is 178 Å². The first-order chi connectivity index (χ1) is 28.4. The second-order valence-corrected chi connectivity index (χ2v) is 13.9. The van der Waals surface area contributed by atoms with Crippen LogP contribution < -0.4 is 4.90 Å². The lowest BCUT2D eigenvalue weighted by Gasteiger charge is -2.26. The van der Waals surface area contributed by atoms with Crippen LogP contribution in [-0.2, 0) is 12.8 Å². The third-order valence-electron chi connectivity index (χ3n) is 9.94. The van der Waals surface area contributed by atoms with E-state index in [1.54, 1.807) is 0 Å². The van der Waals surface area contributed by atoms with Gasteiger partial charge in [0.05, 0.1) is 5.69 Å². The van der Waals surface area contributed by atoms with Gasteiger partial charge in [0, 0.05) is 35.4 Å². The van der Waals surface area contributed by atoms with Crippen LogP contribution in [0.25, 0.3) is 30.0 Å². The summed E-state index contributed by atoms with van der Waals surface area (Å²) in [5, 5.41) is 0. The van der Waals surface area contributed by atoms with Crippen LogP contribution in [0.2, 0.25) is 0 Å². The quantitative estimate of drug-likeness (QED) is 0.0809. The molecule has 0 fully saturated rings. The minimum absolute atomic E-state index is 0.736. The summed E-state index contributed by atoms with van der Waals surface area (Å²) in [5.41, 5.74) is 15.0. The summed E-state index contributed by atoms with van der Waals surface area (Å²) in [6.45, 7) is 20.7. The van der Waals surface area contributed by atoms with Gasteiger partial charge < -0.3 is 9.47 Å². The molecule has 0 saturated heterocycles. The zero-order valence-electron chi connectivity index (χ0n) is 34.6. The van der Waals surface area contributed by atoms with Gasteiger partial charge in [0.25, 0.3) is 0 Å². The number of rotatable bonds is 18. The van der Waals surface area contributed by atoms with Gasteiger partial charge in [-0.3, -0.25) is 0 Å². The molecule has 0 aliphatic rings. The SMILES string of the molecule is C=C/C=C\c1ccccc1C/C(C=C)=C/C=C(\C)N(c1ccccc1)c1cccc(Cc2c(/C=C\C)c(C)n(/C=C/C=C\C=C/C)c2/C=C(\C=C)c2ccccc2)c1. The van der Waals surface area contributed by atoms with Crippen LogP contribution in [0.3, 0.4) is 0 Å². The van der Waals surface area contributed by atoms with Crippen molar-refractivity contribution in [2.45, 2.75) is 40.5 Å². The molecule has 0 saturated carbocycles. The molecule has 0 aliphatic heterocycles. The maximum atomic E-state index is 4.23. The van der Waals surface area contributed by atoms with Crippen LogP contribution >= 0.6 is 0 Å². The van der Waals surface area contributed by atoms with Crippen molar-refractivity contribution in [3.63, 3.8) is 0 Å². The van der Waals surface area contributed by atoms with Crippen LogP contribution in [0.4, 0.5) is 11.4 Å². The highest BCUT2D eigenvalue weighted by atomic mass is 15.1. The molecule has 1 aromatic heterocycles. The molecule has 290 valence electrons. The minimum atomic E-state index is 0.736. The fraction of sp³-hybridized carbons (Fsp3) is 0.107. The Morgan fingerprint density at radius 1 is 0.690 bits per heavy atom. The molecule has 0 N–H and O–H groups in total. The predicted molar refractivity (Wildman–Crippen MR) is 257 cm³/mol. The Labute approximate surface area is 347 Å². The maximum Gasteiger partial charge on any atom is 0.0500 e. The van der Waals surface area contributed by atoms with E-state index in [-0.39, 0.29) is 0 Å². The summed E-state index contributed by atoms with van der Waals surface area (Å²) < 4.78 is 2.31. The zero-order valence-corrected chi connectivity index (χ0v) is 34.6. The number of aromatic nitrogens is 1. The van der Waals surface area contributed by atoms with Gasteiger partial charge in [0.2, 0.25) is 0 Å². The van der Waals surface area contributed by atoms with E-state index in [2.05, 4.69) is 214 Å². The monoisotopic (exact) mass is 756 g/mol. The highest BCUT2D eigenvalue weighted by molar-refractivity contribution is 5.89. The van der Waals surface area contributed by atoms with E-state index in [9.17, 15) is 0 Å². The third-order valence-corrected chi connectivity index (χ3v) is 9.94. The summed E-state index contributed by atoms with van der Waals surface area (Å²) in [5.74, 6) is 0. The third kappa shape index (κ3) is 11.1. The molecule has 0 amide bonds. The largest absolute Gasteiger partial charge is 0.320 e. The van der Waals surface area contributed by atoms with E-state index < -0.39 is 0 Å². The molecule has 1 heterocycles. The summed E-state index contributed by atoms with van der Waals surface area (Å²) >= 11 is 0. The molecule has 0 aliphatic carbocycles. The van der Waals surface area contributed by atoms with Crippen molar-refractivity contribution in [1.29, 1.82) is 0 Å². The number of para-hydroxylation sites is 1. The molecule has 2 heteroatoms. The van der Waals surface area contributed by atoms with Gasteiger partial charge >= 0.3 is 0 Å². The minimum Gasteiger partial charge on any atom is -0.320 e. The Hall–Kier alpha value is -6.90. The molecule has 5 rings (SSSR count). The van der Waals surface area contributed by atoms with Crippen molar-refractivity contribution in [3.05, 3.63) is 258 Å². The standard InChI is InChI=1S/C56H56N2/c1-8-13-15-16-25-39-57-45(7)54(27-10-3)55(56(57)43-48(12-5)49-30-19-17-20-31-49)42-47-28-26-36-53(41-47)58(52-34-21-18-22-35-52)44(6)37-38-46(11-4)40-51-33-24-23-32-50(51)29-14-9-2/h8-39,41,43H,2,4-5,40,42H2,1,3,6-7H3/b13-8-,16-15-,27-10-,29-14-,39-25+,44-37+,46-38+,48-43+. The van der Waals surface area contributed by atoms with Crippen LogP contribution in [0.5, 0.6) is 0 Å². The van der Waals surface area contributed by atoms with E-state index in [0.717, 1.165) is 52.3 Å². The van der Waals surface area contributed by atoms with Crippen LogP contribution in [0, 0.1) is 6.92 Å². The number of nitrogens with zero attached hydrogens (tertiary/aromatic N) is 2. The van der Waals surface area contributed by atoms with Gasteiger partial charge in [-0.25, -0.2) is 0 Å². The second kappa shape index (κ2) is 22.0. The van der Waals surface area contributed by atoms with Crippen LogP contribution in [0.1, 0.15) is 65.5 Å². The predicted octanol–water partition coefficient (Wildman–Crippen LogP) is 15.3. The van der Waals surface area contributed by atoms with Crippen LogP contribution in [-0.4, -0.2) is 4.57 Å². The first kappa shape index (κ1) is 42.2. The second-order valence-electron chi connectivity index (χ2n) is 13.9.